The van der Waals surface area contributed by atoms with E-state index in [4.69, 9.17) is 15.2 Å². The molecular weight excluding hydrogens is 228 g/mol. The van der Waals surface area contributed by atoms with Gasteiger partial charge < -0.3 is 15.2 Å². The van der Waals surface area contributed by atoms with E-state index in [9.17, 15) is 0 Å². The zero-order chi connectivity index (χ0) is 13.0. The zero-order valence-corrected chi connectivity index (χ0v) is 10.5. The standard InChI is InChI=1S/C14H16N2O2/c1-17-12-9-16-14(18-2)13(15)11(12)8-10-6-4-3-5-7-10/h3-7,9H,8,15H2,1-2H3. The summed E-state index contributed by atoms with van der Waals surface area (Å²) in [5, 5.41) is 0. The van der Waals surface area contributed by atoms with Crippen LogP contribution in [0.1, 0.15) is 11.1 Å². The van der Waals surface area contributed by atoms with Gasteiger partial charge >= 0.3 is 0 Å². The molecule has 4 nitrogen and oxygen atoms in total. The summed E-state index contributed by atoms with van der Waals surface area (Å²) in [6, 6.07) is 10.1. The number of rotatable bonds is 4. The van der Waals surface area contributed by atoms with Gasteiger partial charge in [-0.3, -0.25) is 0 Å². The Balaban J connectivity index is 2.42. The molecule has 0 aliphatic carbocycles. The predicted molar refractivity (Wildman–Crippen MR) is 71.0 cm³/mol. The van der Waals surface area contributed by atoms with Crippen LogP contribution in [-0.2, 0) is 6.42 Å². The van der Waals surface area contributed by atoms with E-state index in [1.54, 1.807) is 20.4 Å². The van der Waals surface area contributed by atoms with E-state index in [2.05, 4.69) is 4.98 Å². The lowest BCUT2D eigenvalue weighted by atomic mass is 10.0. The average molecular weight is 244 g/mol. The number of anilines is 1. The lowest BCUT2D eigenvalue weighted by molar-refractivity contribution is 0.387. The first kappa shape index (κ1) is 12.2. The molecule has 1 heterocycles. The molecule has 0 atom stereocenters. The maximum absolute atomic E-state index is 6.05. The van der Waals surface area contributed by atoms with Crippen LogP contribution in [-0.4, -0.2) is 19.2 Å². The van der Waals surface area contributed by atoms with Gasteiger partial charge in [-0.1, -0.05) is 30.3 Å². The molecule has 4 heteroatoms. The van der Waals surface area contributed by atoms with Gasteiger partial charge in [0.05, 0.1) is 20.4 Å². The highest BCUT2D eigenvalue weighted by Crippen LogP contribution is 2.32. The predicted octanol–water partition coefficient (Wildman–Crippen LogP) is 2.27. The van der Waals surface area contributed by atoms with Gasteiger partial charge in [0.15, 0.2) is 0 Å². The summed E-state index contributed by atoms with van der Waals surface area (Å²) in [4.78, 5) is 4.10. The van der Waals surface area contributed by atoms with Crippen LogP contribution in [0.4, 0.5) is 5.69 Å². The number of nitrogens with two attached hydrogens (primary N) is 1. The van der Waals surface area contributed by atoms with Crippen molar-refractivity contribution in [2.45, 2.75) is 6.42 Å². The van der Waals surface area contributed by atoms with Crippen molar-refractivity contribution in [1.29, 1.82) is 0 Å². The number of aromatic nitrogens is 1. The van der Waals surface area contributed by atoms with E-state index in [-0.39, 0.29) is 0 Å². The van der Waals surface area contributed by atoms with Crippen LogP contribution in [0, 0.1) is 0 Å². The molecule has 2 rings (SSSR count). The largest absolute Gasteiger partial charge is 0.495 e. The van der Waals surface area contributed by atoms with Crippen LogP contribution < -0.4 is 15.2 Å². The van der Waals surface area contributed by atoms with E-state index in [1.807, 2.05) is 30.3 Å². The summed E-state index contributed by atoms with van der Waals surface area (Å²) in [6.45, 7) is 0. The molecule has 0 saturated heterocycles. The van der Waals surface area contributed by atoms with Crippen molar-refractivity contribution in [3.05, 3.63) is 47.7 Å². The third-order valence-electron chi connectivity index (χ3n) is 2.79. The molecule has 0 bridgehead atoms. The number of pyridine rings is 1. The van der Waals surface area contributed by atoms with Crippen LogP contribution in [0.15, 0.2) is 36.5 Å². The molecular formula is C14H16N2O2. The summed E-state index contributed by atoms with van der Waals surface area (Å²) in [5.41, 5.74) is 8.64. The van der Waals surface area contributed by atoms with Crippen molar-refractivity contribution < 1.29 is 9.47 Å². The SMILES string of the molecule is COc1cnc(OC)c(N)c1Cc1ccccc1. The minimum Gasteiger partial charge on any atom is -0.495 e. The van der Waals surface area contributed by atoms with E-state index < -0.39 is 0 Å². The molecule has 0 amide bonds. The molecule has 0 spiro atoms. The minimum atomic E-state index is 0.432. The number of hydrogen-bond acceptors (Lipinski definition) is 4. The first-order valence-corrected chi connectivity index (χ1v) is 5.65. The molecule has 2 N–H and O–H groups in total. The van der Waals surface area contributed by atoms with Crippen molar-refractivity contribution in [3.63, 3.8) is 0 Å². The monoisotopic (exact) mass is 244 g/mol. The average Bonchev–Trinajstić information content (AvgIpc) is 2.42. The van der Waals surface area contributed by atoms with Crippen LogP contribution in [0.2, 0.25) is 0 Å². The van der Waals surface area contributed by atoms with Crippen molar-refractivity contribution in [3.8, 4) is 11.6 Å². The highest BCUT2D eigenvalue weighted by atomic mass is 16.5. The molecule has 0 fully saturated rings. The van der Waals surface area contributed by atoms with Crippen LogP contribution in [0.25, 0.3) is 0 Å². The number of nitrogen functional groups attached to an aromatic ring is 1. The molecule has 0 aliphatic rings. The van der Waals surface area contributed by atoms with Crippen LogP contribution in [0.5, 0.6) is 11.6 Å². The summed E-state index contributed by atoms with van der Waals surface area (Å²) in [7, 11) is 3.16. The number of methoxy groups -OCH3 is 2. The second-order valence-electron chi connectivity index (χ2n) is 3.89. The maximum atomic E-state index is 6.05. The molecule has 18 heavy (non-hydrogen) atoms. The number of ether oxygens (including phenoxy) is 2. The highest BCUT2D eigenvalue weighted by molar-refractivity contribution is 5.61. The molecule has 0 radical (unpaired) electrons. The van der Waals surface area contributed by atoms with Crippen LogP contribution >= 0.6 is 0 Å². The van der Waals surface area contributed by atoms with E-state index in [1.165, 1.54) is 0 Å². The van der Waals surface area contributed by atoms with Gasteiger partial charge in [-0.05, 0) is 5.56 Å². The molecule has 0 aliphatic heterocycles. The van der Waals surface area contributed by atoms with Gasteiger partial charge in [0, 0.05) is 12.0 Å². The second-order valence-corrected chi connectivity index (χ2v) is 3.89. The summed E-state index contributed by atoms with van der Waals surface area (Å²) < 4.78 is 10.4. The number of benzene rings is 1. The Hall–Kier alpha value is -2.23. The number of nitrogens with zero attached hydrogens (tertiary/aromatic N) is 1. The fourth-order valence-electron chi connectivity index (χ4n) is 1.85. The Bertz CT molecular complexity index is 527. The molecule has 1 aromatic heterocycles. The third-order valence-corrected chi connectivity index (χ3v) is 2.79. The van der Waals surface area contributed by atoms with Gasteiger partial charge in [-0.25, -0.2) is 4.98 Å². The fraction of sp³-hybridized carbons (Fsp3) is 0.214. The van der Waals surface area contributed by atoms with Gasteiger partial charge in [-0.2, -0.15) is 0 Å². The van der Waals surface area contributed by atoms with Crippen molar-refractivity contribution in [2.75, 3.05) is 20.0 Å². The quantitative estimate of drug-likeness (QED) is 0.896. The van der Waals surface area contributed by atoms with E-state index in [0.29, 0.717) is 23.7 Å². The number of hydrogen-bond donors (Lipinski definition) is 1. The Morgan fingerprint density at radius 3 is 2.44 bits per heavy atom. The molecule has 0 saturated carbocycles. The Labute approximate surface area is 106 Å². The molecule has 0 unspecified atom stereocenters. The Kier molecular flexibility index (Phi) is 3.67. The Morgan fingerprint density at radius 1 is 1.11 bits per heavy atom. The topological polar surface area (TPSA) is 57.4 Å². The maximum Gasteiger partial charge on any atom is 0.237 e. The van der Waals surface area contributed by atoms with Crippen molar-refractivity contribution in [2.24, 2.45) is 0 Å². The normalized spacial score (nSPS) is 10.1. The van der Waals surface area contributed by atoms with Gasteiger partial charge in [0.25, 0.3) is 0 Å². The molecule has 2 aromatic rings. The first-order chi connectivity index (χ1) is 8.76. The lowest BCUT2D eigenvalue weighted by Crippen LogP contribution is -2.04. The smallest absolute Gasteiger partial charge is 0.237 e. The lowest BCUT2D eigenvalue weighted by Gasteiger charge is -2.13. The zero-order valence-electron chi connectivity index (χ0n) is 10.5. The van der Waals surface area contributed by atoms with E-state index >= 15 is 0 Å². The molecule has 1 aromatic carbocycles. The fourth-order valence-corrected chi connectivity index (χ4v) is 1.85. The summed E-state index contributed by atoms with van der Waals surface area (Å²) >= 11 is 0. The van der Waals surface area contributed by atoms with Crippen molar-refractivity contribution in [1.82, 2.24) is 4.98 Å². The molecule has 94 valence electrons. The summed E-state index contributed by atoms with van der Waals surface area (Å²) in [6.07, 6.45) is 2.32. The third kappa shape index (κ3) is 2.37. The second kappa shape index (κ2) is 5.40. The van der Waals surface area contributed by atoms with Gasteiger partial charge in [-0.15, -0.1) is 0 Å². The van der Waals surface area contributed by atoms with Crippen LogP contribution in [0.3, 0.4) is 0 Å². The Morgan fingerprint density at radius 2 is 1.83 bits per heavy atom. The van der Waals surface area contributed by atoms with Gasteiger partial charge in [0.2, 0.25) is 5.88 Å². The summed E-state index contributed by atoms with van der Waals surface area (Å²) in [5.74, 6) is 1.11. The van der Waals surface area contributed by atoms with Crippen molar-refractivity contribution >= 4 is 5.69 Å². The highest BCUT2D eigenvalue weighted by Gasteiger charge is 2.13. The first-order valence-electron chi connectivity index (χ1n) is 5.65. The van der Waals surface area contributed by atoms with Gasteiger partial charge in [0.1, 0.15) is 11.4 Å². The minimum absolute atomic E-state index is 0.432. The van der Waals surface area contributed by atoms with E-state index in [0.717, 1.165) is 11.1 Å².